The molecule has 0 amide bonds. The van der Waals surface area contributed by atoms with Crippen LogP contribution in [0.4, 0.5) is 0 Å². The van der Waals surface area contributed by atoms with Gasteiger partial charge in [-0.25, -0.2) is 0 Å². The molecule has 2 heterocycles. The Labute approximate surface area is 183 Å². The van der Waals surface area contributed by atoms with E-state index in [1.54, 1.807) is 25.3 Å². The molecule has 0 aliphatic carbocycles. The molecule has 0 spiro atoms. The normalized spacial score (nSPS) is 19.9. The Bertz CT molecular complexity index is 935. The molecule has 0 radical (unpaired) electrons. The standard InChI is InChI=1S/C25H29NO5/c1-29-20-7-5-18(6-8-20)16-24-25(28)22-10-9-21(17-23(22)31-24)30-15-13-26-12-3-2-4-19(26)11-14-27/h5-10,16-17,19,27H,2-4,11-15H2,1H3/b24-16-/t19-/m0/s1. The van der Waals surface area contributed by atoms with Gasteiger partial charge in [-0.1, -0.05) is 18.6 Å². The van der Waals surface area contributed by atoms with Crippen LogP contribution >= 0.6 is 0 Å². The summed E-state index contributed by atoms with van der Waals surface area (Å²) in [7, 11) is 1.62. The van der Waals surface area contributed by atoms with Crippen molar-refractivity contribution in [3.8, 4) is 17.2 Å². The molecule has 1 atom stereocenters. The van der Waals surface area contributed by atoms with Crippen molar-refractivity contribution in [3.05, 3.63) is 59.4 Å². The monoisotopic (exact) mass is 423 g/mol. The molecule has 2 aliphatic rings. The largest absolute Gasteiger partial charge is 0.497 e. The number of fused-ring (bicyclic) bond motifs is 1. The summed E-state index contributed by atoms with van der Waals surface area (Å²) in [6.07, 6.45) is 6.11. The van der Waals surface area contributed by atoms with Crippen LogP contribution in [0.3, 0.4) is 0 Å². The minimum absolute atomic E-state index is 0.127. The number of methoxy groups -OCH3 is 1. The zero-order valence-corrected chi connectivity index (χ0v) is 17.9. The maximum atomic E-state index is 12.7. The van der Waals surface area contributed by atoms with E-state index in [0.717, 1.165) is 37.2 Å². The predicted octanol–water partition coefficient (Wildman–Crippen LogP) is 3.93. The van der Waals surface area contributed by atoms with E-state index < -0.39 is 0 Å². The Morgan fingerprint density at radius 2 is 1.97 bits per heavy atom. The van der Waals surface area contributed by atoms with Crippen LogP contribution in [-0.2, 0) is 0 Å². The Morgan fingerprint density at radius 3 is 2.74 bits per heavy atom. The maximum absolute atomic E-state index is 12.7. The average molecular weight is 424 g/mol. The minimum atomic E-state index is -0.127. The zero-order valence-electron chi connectivity index (χ0n) is 17.9. The van der Waals surface area contributed by atoms with E-state index in [9.17, 15) is 9.90 Å². The van der Waals surface area contributed by atoms with Crippen molar-refractivity contribution in [1.29, 1.82) is 0 Å². The fourth-order valence-electron chi connectivity index (χ4n) is 4.22. The van der Waals surface area contributed by atoms with Crippen LogP contribution < -0.4 is 14.2 Å². The summed E-state index contributed by atoms with van der Waals surface area (Å²) < 4.78 is 16.9. The zero-order chi connectivity index (χ0) is 21.6. The average Bonchev–Trinajstić information content (AvgIpc) is 3.10. The first-order valence-corrected chi connectivity index (χ1v) is 10.9. The van der Waals surface area contributed by atoms with Crippen LogP contribution in [0.25, 0.3) is 6.08 Å². The number of carbonyl (C=O) groups is 1. The highest BCUT2D eigenvalue weighted by Gasteiger charge is 2.28. The number of benzene rings is 2. The first-order chi connectivity index (χ1) is 15.2. The summed E-state index contributed by atoms with van der Waals surface area (Å²) in [6, 6.07) is 13.2. The summed E-state index contributed by atoms with van der Waals surface area (Å²) in [6.45, 7) is 2.66. The smallest absolute Gasteiger partial charge is 0.231 e. The lowest BCUT2D eigenvalue weighted by Crippen LogP contribution is -2.42. The van der Waals surface area contributed by atoms with E-state index in [4.69, 9.17) is 14.2 Å². The molecule has 6 heteroatoms. The third kappa shape index (κ3) is 5.09. The number of Topliss-reactive ketones (excluding diaryl/α,β-unsaturated/α-hetero) is 1. The SMILES string of the molecule is COc1ccc(/C=C2\Oc3cc(OCCN4CCCC[C@H]4CCO)ccc3C2=O)cc1. The maximum Gasteiger partial charge on any atom is 0.231 e. The van der Waals surface area contributed by atoms with Gasteiger partial charge < -0.3 is 19.3 Å². The number of hydrogen-bond acceptors (Lipinski definition) is 6. The molecule has 4 rings (SSSR count). The quantitative estimate of drug-likeness (QED) is 0.649. The molecule has 1 N–H and O–H groups in total. The van der Waals surface area contributed by atoms with E-state index in [1.807, 2.05) is 30.3 Å². The number of carbonyl (C=O) groups excluding carboxylic acids is 1. The van der Waals surface area contributed by atoms with Crippen molar-refractivity contribution >= 4 is 11.9 Å². The number of ether oxygens (including phenoxy) is 3. The Hall–Kier alpha value is -2.83. The summed E-state index contributed by atoms with van der Waals surface area (Å²) in [4.78, 5) is 15.1. The van der Waals surface area contributed by atoms with Gasteiger partial charge in [0.2, 0.25) is 5.78 Å². The van der Waals surface area contributed by atoms with Gasteiger partial charge in [-0.05, 0) is 61.7 Å². The molecule has 31 heavy (non-hydrogen) atoms. The van der Waals surface area contributed by atoms with Crippen LogP contribution in [0.15, 0.2) is 48.2 Å². The third-order valence-electron chi connectivity index (χ3n) is 5.91. The number of nitrogens with zero attached hydrogens (tertiary/aromatic N) is 1. The molecule has 0 aromatic heterocycles. The van der Waals surface area contributed by atoms with Gasteiger partial charge in [-0.15, -0.1) is 0 Å². The fourth-order valence-corrected chi connectivity index (χ4v) is 4.22. The Kier molecular flexibility index (Phi) is 6.89. The molecule has 0 bridgehead atoms. The van der Waals surface area contributed by atoms with Crippen molar-refractivity contribution in [2.24, 2.45) is 0 Å². The van der Waals surface area contributed by atoms with Crippen molar-refractivity contribution in [3.63, 3.8) is 0 Å². The molecule has 1 fully saturated rings. The Balaban J connectivity index is 1.37. The van der Waals surface area contributed by atoms with Crippen molar-refractivity contribution < 1.29 is 24.1 Å². The highest BCUT2D eigenvalue weighted by atomic mass is 16.5. The second-order valence-corrected chi connectivity index (χ2v) is 7.92. The highest BCUT2D eigenvalue weighted by Crippen LogP contribution is 2.35. The first-order valence-electron chi connectivity index (χ1n) is 10.9. The number of likely N-dealkylation sites (tertiary alicyclic amines) is 1. The van der Waals surface area contributed by atoms with Gasteiger partial charge in [-0.2, -0.15) is 0 Å². The molecule has 2 aromatic carbocycles. The molecule has 0 saturated carbocycles. The number of allylic oxidation sites excluding steroid dienone is 1. The van der Waals surface area contributed by atoms with E-state index in [0.29, 0.717) is 35.5 Å². The molecule has 2 aromatic rings. The molecule has 1 saturated heterocycles. The molecular formula is C25H29NO5. The van der Waals surface area contributed by atoms with Crippen LogP contribution in [-0.4, -0.2) is 55.2 Å². The topological polar surface area (TPSA) is 68.2 Å². The molecule has 0 unspecified atom stereocenters. The lowest BCUT2D eigenvalue weighted by Gasteiger charge is -2.35. The number of ketones is 1. The van der Waals surface area contributed by atoms with Crippen LogP contribution in [0.5, 0.6) is 17.2 Å². The van der Waals surface area contributed by atoms with Gasteiger partial charge in [0.25, 0.3) is 0 Å². The van der Waals surface area contributed by atoms with Gasteiger partial charge in [0.1, 0.15) is 23.9 Å². The minimum Gasteiger partial charge on any atom is -0.497 e. The number of piperidine rings is 1. The molecule has 6 nitrogen and oxygen atoms in total. The van der Waals surface area contributed by atoms with E-state index in [2.05, 4.69) is 4.90 Å². The van der Waals surface area contributed by atoms with Gasteiger partial charge in [0.15, 0.2) is 5.76 Å². The fraction of sp³-hybridized carbons (Fsp3) is 0.400. The highest BCUT2D eigenvalue weighted by molar-refractivity contribution is 6.14. The van der Waals surface area contributed by atoms with Crippen molar-refractivity contribution in [2.75, 3.05) is 33.4 Å². The van der Waals surface area contributed by atoms with Crippen LogP contribution in [0.2, 0.25) is 0 Å². The summed E-state index contributed by atoms with van der Waals surface area (Å²) in [5.74, 6) is 2.15. The summed E-state index contributed by atoms with van der Waals surface area (Å²) >= 11 is 0. The van der Waals surface area contributed by atoms with E-state index in [1.165, 1.54) is 12.8 Å². The van der Waals surface area contributed by atoms with Gasteiger partial charge >= 0.3 is 0 Å². The number of aliphatic hydroxyl groups is 1. The molecular weight excluding hydrogens is 394 g/mol. The van der Waals surface area contributed by atoms with Crippen molar-refractivity contribution in [1.82, 2.24) is 4.90 Å². The second kappa shape index (κ2) is 9.98. The molecule has 164 valence electrons. The van der Waals surface area contributed by atoms with Gasteiger partial charge in [0, 0.05) is 25.3 Å². The number of rotatable bonds is 8. The van der Waals surface area contributed by atoms with Crippen LogP contribution in [0.1, 0.15) is 41.6 Å². The third-order valence-corrected chi connectivity index (χ3v) is 5.91. The summed E-state index contributed by atoms with van der Waals surface area (Å²) in [5, 5.41) is 9.28. The lowest BCUT2D eigenvalue weighted by molar-refractivity contribution is 0.101. The lowest BCUT2D eigenvalue weighted by atomic mass is 10.00. The van der Waals surface area contributed by atoms with Gasteiger partial charge in [-0.3, -0.25) is 9.69 Å². The second-order valence-electron chi connectivity index (χ2n) is 7.92. The predicted molar refractivity (Wildman–Crippen MR) is 119 cm³/mol. The van der Waals surface area contributed by atoms with Crippen LogP contribution in [0, 0.1) is 0 Å². The number of aliphatic hydroxyl groups excluding tert-OH is 1. The molecule has 2 aliphatic heterocycles. The van der Waals surface area contributed by atoms with Crippen molar-refractivity contribution in [2.45, 2.75) is 31.7 Å². The van der Waals surface area contributed by atoms with E-state index in [-0.39, 0.29) is 12.4 Å². The Morgan fingerprint density at radius 1 is 1.16 bits per heavy atom. The van der Waals surface area contributed by atoms with E-state index >= 15 is 0 Å². The van der Waals surface area contributed by atoms with Gasteiger partial charge in [0.05, 0.1) is 12.7 Å². The summed E-state index contributed by atoms with van der Waals surface area (Å²) in [5.41, 5.74) is 1.42. The first kappa shape index (κ1) is 21.4. The number of hydrogen-bond donors (Lipinski definition) is 1.